The molecule has 0 N–H and O–H groups in total. The molecule has 0 aliphatic rings. The van der Waals surface area contributed by atoms with Crippen LogP contribution in [0.15, 0.2) is 24.5 Å². The first-order valence-electron chi connectivity index (χ1n) is 3.76. The van der Waals surface area contributed by atoms with Gasteiger partial charge in [0, 0.05) is 18.8 Å². The van der Waals surface area contributed by atoms with Crippen molar-refractivity contribution in [3.8, 4) is 0 Å². The maximum atomic E-state index is 9.98. The monoisotopic (exact) mass is 149 g/mol. The Labute approximate surface area is 66.3 Å². The predicted molar refractivity (Wildman–Crippen MR) is 43.2 cm³/mol. The van der Waals surface area contributed by atoms with Gasteiger partial charge in [-0.3, -0.25) is 4.98 Å². The van der Waals surface area contributed by atoms with Gasteiger partial charge in [0.15, 0.2) is 0 Å². The fraction of sp³-hybridized carbons (Fsp3) is 0.333. The van der Waals surface area contributed by atoms with Crippen LogP contribution in [0.5, 0.6) is 0 Å². The van der Waals surface area contributed by atoms with Crippen LogP contribution in [0.25, 0.3) is 0 Å². The molecular formula is C9H11NO. The van der Waals surface area contributed by atoms with Crippen molar-refractivity contribution in [1.82, 2.24) is 4.98 Å². The van der Waals surface area contributed by atoms with Crippen LogP contribution in [0, 0.1) is 0 Å². The van der Waals surface area contributed by atoms with E-state index in [-0.39, 0.29) is 0 Å². The zero-order valence-electron chi connectivity index (χ0n) is 6.36. The molecule has 0 amide bonds. The van der Waals surface area contributed by atoms with E-state index in [0.29, 0.717) is 6.42 Å². The van der Waals surface area contributed by atoms with E-state index in [9.17, 15) is 4.79 Å². The van der Waals surface area contributed by atoms with Gasteiger partial charge in [0.1, 0.15) is 6.29 Å². The zero-order valence-corrected chi connectivity index (χ0v) is 6.36. The van der Waals surface area contributed by atoms with Gasteiger partial charge in [0.25, 0.3) is 0 Å². The lowest BCUT2D eigenvalue weighted by atomic mass is 10.1. The highest BCUT2D eigenvalue weighted by Gasteiger charge is 1.89. The summed E-state index contributed by atoms with van der Waals surface area (Å²) in [5, 5.41) is 0. The minimum atomic E-state index is 0.655. The average Bonchev–Trinajstić information content (AvgIpc) is 2.07. The van der Waals surface area contributed by atoms with E-state index in [1.54, 1.807) is 12.4 Å². The average molecular weight is 149 g/mol. The minimum Gasteiger partial charge on any atom is -0.303 e. The van der Waals surface area contributed by atoms with Crippen molar-refractivity contribution < 1.29 is 4.79 Å². The van der Waals surface area contributed by atoms with Crippen molar-refractivity contribution >= 4 is 6.29 Å². The SMILES string of the molecule is O=CCCCc1ccncc1. The molecule has 0 saturated carbocycles. The zero-order chi connectivity index (χ0) is 7.94. The number of pyridine rings is 1. The van der Waals surface area contributed by atoms with Crippen LogP contribution in [0.3, 0.4) is 0 Å². The maximum absolute atomic E-state index is 9.98. The number of rotatable bonds is 4. The van der Waals surface area contributed by atoms with Gasteiger partial charge in [-0.2, -0.15) is 0 Å². The Morgan fingerprint density at radius 2 is 2.09 bits per heavy atom. The fourth-order valence-corrected chi connectivity index (χ4v) is 0.939. The van der Waals surface area contributed by atoms with Gasteiger partial charge < -0.3 is 4.79 Å². The standard InChI is InChI=1S/C9H11NO/c11-8-2-1-3-9-4-6-10-7-5-9/h4-8H,1-3H2. The largest absolute Gasteiger partial charge is 0.303 e. The van der Waals surface area contributed by atoms with Crippen molar-refractivity contribution in [2.45, 2.75) is 19.3 Å². The predicted octanol–water partition coefficient (Wildman–Crippen LogP) is 1.60. The Bertz CT molecular complexity index is 208. The molecule has 0 aliphatic heterocycles. The van der Waals surface area contributed by atoms with Crippen LogP contribution < -0.4 is 0 Å². The van der Waals surface area contributed by atoms with E-state index in [1.165, 1.54) is 5.56 Å². The molecule has 1 rings (SSSR count). The van der Waals surface area contributed by atoms with Crippen LogP contribution in [0.2, 0.25) is 0 Å². The molecule has 0 aliphatic carbocycles. The van der Waals surface area contributed by atoms with Crippen molar-refractivity contribution in [3.05, 3.63) is 30.1 Å². The molecule has 58 valence electrons. The molecule has 1 aromatic rings. The van der Waals surface area contributed by atoms with Gasteiger partial charge in [-0.1, -0.05) is 0 Å². The first-order chi connectivity index (χ1) is 5.43. The summed E-state index contributed by atoms with van der Waals surface area (Å²) in [5.41, 5.74) is 1.25. The molecule has 0 atom stereocenters. The van der Waals surface area contributed by atoms with Crippen molar-refractivity contribution in [1.29, 1.82) is 0 Å². The summed E-state index contributed by atoms with van der Waals surface area (Å²) in [6, 6.07) is 3.95. The van der Waals surface area contributed by atoms with E-state index in [0.717, 1.165) is 19.1 Å². The van der Waals surface area contributed by atoms with Crippen LogP contribution in [0.4, 0.5) is 0 Å². The highest BCUT2D eigenvalue weighted by molar-refractivity contribution is 5.49. The lowest BCUT2D eigenvalue weighted by molar-refractivity contribution is -0.107. The Morgan fingerprint density at radius 1 is 1.36 bits per heavy atom. The topological polar surface area (TPSA) is 30.0 Å². The Hall–Kier alpha value is -1.18. The van der Waals surface area contributed by atoms with Gasteiger partial charge in [-0.05, 0) is 30.5 Å². The van der Waals surface area contributed by atoms with Gasteiger partial charge >= 0.3 is 0 Å². The Kier molecular flexibility index (Phi) is 3.32. The van der Waals surface area contributed by atoms with E-state index >= 15 is 0 Å². The minimum absolute atomic E-state index is 0.655. The van der Waals surface area contributed by atoms with Crippen LogP contribution in [0.1, 0.15) is 18.4 Å². The highest BCUT2D eigenvalue weighted by Crippen LogP contribution is 2.01. The number of aldehydes is 1. The summed E-state index contributed by atoms with van der Waals surface area (Å²) in [4.78, 5) is 13.9. The number of aromatic nitrogens is 1. The lowest BCUT2D eigenvalue weighted by Crippen LogP contribution is -1.85. The quantitative estimate of drug-likeness (QED) is 0.480. The van der Waals surface area contributed by atoms with Crippen LogP contribution in [-0.4, -0.2) is 11.3 Å². The molecule has 11 heavy (non-hydrogen) atoms. The number of hydrogen-bond donors (Lipinski definition) is 0. The van der Waals surface area contributed by atoms with E-state index in [2.05, 4.69) is 4.98 Å². The number of carbonyl (C=O) groups excluding carboxylic acids is 1. The smallest absolute Gasteiger partial charge is 0.120 e. The van der Waals surface area contributed by atoms with Crippen molar-refractivity contribution in [3.63, 3.8) is 0 Å². The molecule has 0 fully saturated rings. The first kappa shape index (κ1) is 7.92. The van der Waals surface area contributed by atoms with Gasteiger partial charge in [0.05, 0.1) is 0 Å². The number of carbonyl (C=O) groups is 1. The second-order valence-electron chi connectivity index (χ2n) is 2.41. The molecule has 0 radical (unpaired) electrons. The fourth-order valence-electron chi connectivity index (χ4n) is 0.939. The molecule has 2 heteroatoms. The summed E-state index contributed by atoms with van der Waals surface area (Å²) < 4.78 is 0. The summed E-state index contributed by atoms with van der Waals surface area (Å²) >= 11 is 0. The summed E-state index contributed by atoms with van der Waals surface area (Å²) in [6.07, 6.45) is 7.07. The lowest BCUT2D eigenvalue weighted by Gasteiger charge is -1.95. The Balaban J connectivity index is 2.33. The molecule has 0 unspecified atom stereocenters. The summed E-state index contributed by atoms with van der Waals surface area (Å²) in [5.74, 6) is 0. The van der Waals surface area contributed by atoms with Crippen molar-refractivity contribution in [2.24, 2.45) is 0 Å². The molecule has 0 aromatic carbocycles. The maximum Gasteiger partial charge on any atom is 0.120 e. The van der Waals surface area contributed by atoms with E-state index in [1.807, 2.05) is 12.1 Å². The van der Waals surface area contributed by atoms with Gasteiger partial charge in [-0.25, -0.2) is 0 Å². The Morgan fingerprint density at radius 3 is 2.73 bits per heavy atom. The second kappa shape index (κ2) is 4.61. The first-order valence-corrected chi connectivity index (χ1v) is 3.76. The third-order valence-electron chi connectivity index (χ3n) is 1.54. The third-order valence-corrected chi connectivity index (χ3v) is 1.54. The highest BCUT2D eigenvalue weighted by atomic mass is 16.1. The number of hydrogen-bond acceptors (Lipinski definition) is 2. The number of aryl methyl sites for hydroxylation is 1. The molecular weight excluding hydrogens is 138 g/mol. The van der Waals surface area contributed by atoms with E-state index < -0.39 is 0 Å². The molecule has 0 spiro atoms. The van der Waals surface area contributed by atoms with Crippen LogP contribution in [-0.2, 0) is 11.2 Å². The third kappa shape index (κ3) is 2.94. The molecule has 1 heterocycles. The van der Waals surface area contributed by atoms with Crippen molar-refractivity contribution in [2.75, 3.05) is 0 Å². The van der Waals surface area contributed by atoms with E-state index in [4.69, 9.17) is 0 Å². The summed E-state index contributed by atoms with van der Waals surface area (Å²) in [6.45, 7) is 0. The van der Waals surface area contributed by atoms with Crippen LogP contribution >= 0.6 is 0 Å². The molecule has 0 saturated heterocycles. The van der Waals surface area contributed by atoms with Gasteiger partial charge in [0.2, 0.25) is 0 Å². The molecule has 0 bridgehead atoms. The second-order valence-corrected chi connectivity index (χ2v) is 2.41. The molecule has 1 aromatic heterocycles. The van der Waals surface area contributed by atoms with Gasteiger partial charge in [-0.15, -0.1) is 0 Å². The summed E-state index contributed by atoms with van der Waals surface area (Å²) in [7, 11) is 0. The molecule has 2 nitrogen and oxygen atoms in total. The number of nitrogens with zero attached hydrogens (tertiary/aromatic N) is 1. The number of unbranched alkanes of at least 4 members (excludes halogenated alkanes) is 1. The normalized spacial score (nSPS) is 9.45.